The maximum Gasteiger partial charge on any atom is 0.164 e. The number of rotatable bonds is 4. The molecule has 23 heavy (non-hydrogen) atoms. The number of hydrogen-bond acceptors (Lipinski definition) is 4. The second-order valence-corrected chi connectivity index (χ2v) is 6.08. The Labute approximate surface area is 136 Å². The summed E-state index contributed by atoms with van der Waals surface area (Å²) in [6, 6.07) is 12.9. The van der Waals surface area contributed by atoms with E-state index in [4.69, 9.17) is 14.2 Å². The van der Waals surface area contributed by atoms with Crippen molar-refractivity contribution in [1.29, 1.82) is 0 Å². The average molecular weight is 311 g/mol. The summed E-state index contributed by atoms with van der Waals surface area (Å²) in [5.74, 6) is 2.75. The predicted octanol–water partition coefficient (Wildman–Crippen LogP) is 2.72. The highest BCUT2D eigenvalue weighted by molar-refractivity contribution is 5.48. The van der Waals surface area contributed by atoms with E-state index in [0.717, 1.165) is 43.2 Å². The van der Waals surface area contributed by atoms with Gasteiger partial charge >= 0.3 is 0 Å². The Hall–Kier alpha value is -2.20. The lowest BCUT2D eigenvalue weighted by Gasteiger charge is -2.27. The highest BCUT2D eigenvalue weighted by atomic mass is 16.5. The molecule has 0 fully saturated rings. The fraction of sp³-hybridized carbons (Fsp3) is 0.368. The summed E-state index contributed by atoms with van der Waals surface area (Å²) in [5.41, 5.74) is 3.82. The molecule has 0 bridgehead atoms. The lowest BCUT2D eigenvalue weighted by molar-refractivity contribution is 0.226. The second kappa shape index (κ2) is 6.13. The van der Waals surface area contributed by atoms with Gasteiger partial charge in [0.1, 0.15) is 12.4 Å². The van der Waals surface area contributed by atoms with Crippen molar-refractivity contribution in [2.75, 3.05) is 20.3 Å². The first kappa shape index (κ1) is 14.4. The van der Waals surface area contributed by atoms with Crippen LogP contribution in [0.25, 0.3) is 0 Å². The van der Waals surface area contributed by atoms with Crippen LogP contribution in [-0.2, 0) is 19.4 Å². The summed E-state index contributed by atoms with van der Waals surface area (Å²) in [6.07, 6.45) is 1.98. The molecular weight excluding hydrogens is 290 g/mol. The minimum Gasteiger partial charge on any atom is -0.493 e. The van der Waals surface area contributed by atoms with Crippen LogP contribution < -0.4 is 19.5 Å². The van der Waals surface area contributed by atoms with Gasteiger partial charge in [-0.2, -0.15) is 0 Å². The number of nitrogens with one attached hydrogen (secondary N) is 1. The quantitative estimate of drug-likeness (QED) is 0.942. The SMILES string of the molecule is COc1cccc2c1OC[C@@H](NCc1ccc3c(c1)CCO3)C2. The molecule has 2 heterocycles. The molecule has 2 aromatic rings. The van der Waals surface area contributed by atoms with Crippen LogP contribution in [0.4, 0.5) is 0 Å². The van der Waals surface area contributed by atoms with Crippen molar-refractivity contribution < 1.29 is 14.2 Å². The molecule has 1 atom stereocenters. The summed E-state index contributed by atoms with van der Waals surface area (Å²) in [5, 5.41) is 3.60. The first-order chi connectivity index (χ1) is 11.3. The van der Waals surface area contributed by atoms with Gasteiger partial charge < -0.3 is 19.5 Å². The predicted molar refractivity (Wildman–Crippen MR) is 88.5 cm³/mol. The van der Waals surface area contributed by atoms with E-state index < -0.39 is 0 Å². The molecule has 4 nitrogen and oxygen atoms in total. The monoisotopic (exact) mass is 311 g/mol. The summed E-state index contributed by atoms with van der Waals surface area (Å²) in [6.45, 7) is 2.32. The molecule has 4 heteroatoms. The fourth-order valence-corrected chi connectivity index (χ4v) is 3.30. The van der Waals surface area contributed by atoms with Crippen molar-refractivity contribution in [3.05, 3.63) is 53.1 Å². The van der Waals surface area contributed by atoms with Gasteiger partial charge in [-0.05, 0) is 35.2 Å². The fourth-order valence-electron chi connectivity index (χ4n) is 3.30. The molecule has 2 aliphatic heterocycles. The molecule has 2 aliphatic rings. The Kier molecular flexibility index (Phi) is 3.83. The first-order valence-electron chi connectivity index (χ1n) is 8.10. The number of benzene rings is 2. The van der Waals surface area contributed by atoms with Crippen LogP contribution in [0.5, 0.6) is 17.2 Å². The summed E-state index contributed by atoms with van der Waals surface area (Å²) >= 11 is 0. The van der Waals surface area contributed by atoms with Crippen LogP contribution in [0.1, 0.15) is 16.7 Å². The van der Waals surface area contributed by atoms with Gasteiger partial charge in [-0.15, -0.1) is 0 Å². The molecule has 1 N–H and O–H groups in total. The van der Waals surface area contributed by atoms with Gasteiger partial charge in [0.2, 0.25) is 0 Å². The number of methoxy groups -OCH3 is 1. The van der Waals surface area contributed by atoms with E-state index in [1.54, 1.807) is 7.11 Å². The van der Waals surface area contributed by atoms with Gasteiger partial charge in [0.05, 0.1) is 13.7 Å². The smallest absolute Gasteiger partial charge is 0.164 e. The minimum absolute atomic E-state index is 0.319. The van der Waals surface area contributed by atoms with E-state index in [1.165, 1.54) is 16.7 Å². The topological polar surface area (TPSA) is 39.7 Å². The molecule has 120 valence electrons. The Balaban J connectivity index is 1.41. The summed E-state index contributed by atoms with van der Waals surface area (Å²) in [4.78, 5) is 0. The molecule has 0 saturated carbocycles. The second-order valence-electron chi connectivity index (χ2n) is 6.08. The largest absolute Gasteiger partial charge is 0.493 e. The molecular formula is C19H21NO3. The van der Waals surface area contributed by atoms with E-state index in [1.807, 2.05) is 12.1 Å². The Bertz CT molecular complexity index is 714. The highest BCUT2D eigenvalue weighted by Crippen LogP contribution is 2.34. The van der Waals surface area contributed by atoms with E-state index in [9.17, 15) is 0 Å². The van der Waals surface area contributed by atoms with Crippen LogP contribution >= 0.6 is 0 Å². The standard InChI is InChI=1S/C19H21NO3/c1-21-18-4-2-3-15-10-16(12-23-19(15)18)20-11-13-5-6-17-14(9-13)7-8-22-17/h2-6,9,16,20H,7-8,10-12H2,1H3/t16-/m0/s1. The van der Waals surface area contributed by atoms with Crippen molar-refractivity contribution in [1.82, 2.24) is 5.32 Å². The molecule has 0 unspecified atom stereocenters. The van der Waals surface area contributed by atoms with E-state index >= 15 is 0 Å². The molecule has 0 amide bonds. The van der Waals surface area contributed by atoms with Gasteiger partial charge in [0.15, 0.2) is 11.5 Å². The maximum atomic E-state index is 5.91. The Morgan fingerprint density at radius 1 is 1.17 bits per heavy atom. The van der Waals surface area contributed by atoms with Gasteiger partial charge in [-0.25, -0.2) is 0 Å². The van der Waals surface area contributed by atoms with Crippen LogP contribution in [0, 0.1) is 0 Å². The minimum atomic E-state index is 0.319. The molecule has 4 rings (SSSR count). The van der Waals surface area contributed by atoms with Crippen molar-refractivity contribution in [2.45, 2.75) is 25.4 Å². The first-order valence-corrected chi connectivity index (χ1v) is 8.10. The van der Waals surface area contributed by atoms with Gasteiger partial charge in [-0.3, -0.25) is 0 Å². The highest BCUT2D eigenvalue weighted by Gasteiger charge is 2.22. The van der Waals surface area contributed by atoms with Crippen molar-refractivity contribution in [3.8, 4) is 17.2 Å². The van der Waals surface area contributed by atoms with Crippen molar-refractivity contribution in [3.63, 3.8) is 0 Å². The van der Waals surface area contributed by atoms with Gasteiger partial charge in [0, 0.05) is 19.0 Å². The normalized spacial score (nSPS) is 18.6. The molecule has 0 radical (unpaired) electrons. The molecule has 0 spiro atoms. The number of fused-ring (bicyclic) bond motifs is 2. The Morgan fingerprint density at radius 2 is 2.13 bits per heavy atom. The van der Waals surface area contributed by atoms with Crippen LogP contribution in [-0.4, -0.2) is 26.4 Å². The number of hydrogen-bond donors (Lipinski definition) is 1. The van der Waals surface area contributed by atoms with Crippen LogP contribution in [0.2, 0.25) is 0 Å². The third kappa shape index (κ3) is 2.86. The Morgan fingerprint density at radius 3 is 3.04 bits per heavy atom. The zero-order chi connectivity index (χ0) is 15.6. The lowest BCUT2D eigenvalue weighted by Crippen LogP contribution is -2.38. The molecule has 0 aliphatic carbocycles. The van der Waals surface area contributed by atoms with E-state index in [2.05, 4.69) is 29.6 Å². The van der Waals surface area contributed by atoms with Crippen molar-refractivity contribution in [2.24, 2.45) is 0 Å². The number of ether oxygens (including phenoxy) is 3. The average Bonchev–Trinajstić information content (AvgIpc) is 3.06. The molecule has 2 aromatic carbocycles. The van der Waals surface area contributed by atoms with Crippen LogP contribution in [0.15, 0.2) is 36.4 Å². The zero-order valence-corrected chi connectivity index (χ0v) is 13.3. The summed E-state index contributed by atoms with van der Waals surface area (Å²) < 4.78 is 16.8. The van der Waals surface area contributed by atoms with Gasteiger partial charge in [0.25, 0.3) is 0 Å². The zero-order valence-electron chi connectivity index (χ0n) is 13.3. The lowest BCUT2D eigenvalue weighted by atomic mass is 10.0. The molecule has 0 saturated heterocycles. The summed E-state index contributed by atoms with van der Waals surface area (Å²) in [7, 11) is 1.68. The maximum absolute atomic E-state index is 5.91. The molecule has 0 aromatic heterocycles. The van der Waals surface area contributed by atoms with Gasteiger partial charge in [-0.1, -0.05) is 24.3 Å². The number of para-hydroxylation sites is 1. The van der Waals surface area contributed by atoms with Crippen LogP contribution in [0.3, 0.4) is 0 Å². The third-order valence-electron chi connectivity index (χ3n) is 4.52. The van der Waals surface area contributed by atoms with Crippen molar-refractivity contribution >= 4 is 0 Å². The third-order valence-corrected chi connectivity index (χ3v) is 4.52. The van der Waals surface area contributed by atoms with E-state index in [0.29, 0.717) is 12.6 Å². The van der Waals surface area contributed by atoms with E-state index in [-0.39, 0.29) is 0 Å².